The molecule has 23 heavy (non-hydrogen) atoms. The van der Waals surface area contributed by atoms with Crippen LogP contribution < -0.4 is 5.14 Å². The highest BCUT2D eigenvalue weighted by molar-refractivity contribution is 7.89. The van der Waals surface area contributed by atoms with Gasteiger partial charge in [0.25, 0.3) is 0 Å². The van der Waals surface area contributed by atoms with Gasteiger partial charge in [-0.05, 0) is 30.5 Å². The Morgan fingerprint density at radius 2 is 1.91 bits per heavy atom. The van der Waals surface area contributed by atoms with E-state index in [9.17, 15) is 13.5 Å². The summed E-state index contributed by atoms with van der Waals surface area (Å²) in [6.45, 7) is 1.83. The highest BCUT2D eigenvalue weighted by Crippen LogP contribution is 2.31. The SMILES string of the molecule is CCCCC1(Cc2ccc(S(N)(=O)=O)cc2)N=C(Cl)C(CO)=N1. The molecule has 0 saturated heterocycles. The second-order valence-electron chi connectivity index (χ2n) is 5.57. The summed E-state index contributed by atoms with van der Waals surface area (Å²) in [4.78, 5) is 9.03. The van der Waals surface area contributed by atoms with E-state index in [0.717, 1.165) is 18.4 Å². The Kier molecular flexibility index (Phi) is 5.57. The molecule has 6 nitrogen and oxygen atoms in total. The van der Waals surface area contributed by atoms with E-state index >= 15 is 0 Å². The van der Waals surface area contributed by atoms with Crippen molar-refractivity contribution < 1.29 is 13.5 Å². The largest absolute Gasteiger partial charge is 0.390 e. The summed E-state index contributed by atoms with van der Waals surface area (Å²) in [5, 5.41) is 14.6. The number of benzene rings is 1. The van der Waals surface area contributed by atoms with Crippen molar-refractivity contribution in [3.63, 3.8) is 0 Å². The number of halogens is 1. The van der Waals surface area contributed by atoms with Crippen LogP contribution in [0, 0.1) is 0 Å². The zero-order valence-corrected chi connectivity index (χ0v) is 14.4. The van der Waals surface area contributed by atoms with Crippen LogP contribution in [0.4, 0.5) is 0 Å². The topological polar surface area (TPSA) is 105 Å². The summed E-state index contributed by atoms with van der Waals surface area (Å²) in [6, 6.07) is 6.33. The van der Waals surface area contributed by atoms with Gasteiger partial charge in [0.2, 0.25) is 10.0 Å². The Hall–Kier alpha value is -1.28. The minimum absolute atomic E-state index is 0.0661. The molecule has 0 fully saturated rings. The molecule has 1 heterocycles. The maximum absolute atomic E-state index is 11.3. The average molecular weight is 358 g/mol. The molecule has 8 heteroatoms. The monoisotopic (exact) mass is 357 g/mol. The number of primary sulfonamides is 1. The molecule has 1 aromatic carbocycles. The molecule has 1 atom stereocenters. The quantitative estimate of drug-likeness (QED) is 0.777. The minimum atomic E-state index is -3.71. The van der Waals surface area contributed by atoms with Crippen molar-refractivity contribution in [1.29, 1.82) is 0 Å². The van der Waals surface area contributed by atoms with Crippen LogP contribution in [0.15, 0.2) is 39.1 Å². The van der Waals surface area contributed by atoms with Gasteiger partial charge in [0, 0.05) is 6.42 Å². The van der Waals surface area contributed by atoms with Gasteiger partial charge in [-0.2, -0.15) is 0 Å². The summed E-state index contributed by atoms with van der Waals surface area (Å²) in [5.41, 5.74) is 0.544. The lowest BCUT2D eigenvalue weighted by atomic mass is 9.95. The number of aliphatic imine (C=N–C) groups is 2. The fourth-order valence-corrected chi connectivity index (χ4v) is 3.31. The van der Waals surface area contributed by atoms with Crippen molar-refractivity contribution in [2.24, 2.45) is 15.1 Å². The van der Waals surface area contributed by atoms with E-state index in [0.29, 0.717) is 18.6 Å². The van der Waals surface area contributed by atoms with Crippen LogP contribution in [0.2, 0.25) is 0 Å². The van der Waals surface area contributed by atoms with Crippen LogP contribution in [0.5, 0.6) is 0 Å². The van der Waals surface area contributed by atoms with Crippen LogP contribution in [-0.4, -0.2) is 36.7 Å². The van der Waals surface area contributed by atoms with Crippen LogP contribution in [0.3, 0.4) is 0 Å². The van der Waals surface area contributed by atoms with Crippen LogP contribution in [-0.2, 0) is 16.4 Å². The number of rotatable bonds is 7. The standard InChI is InChI=1S/C15H20ClN3O3S/c1-2-3-8-15(18-13(10-20)14(16)19-15)9-11-4-6-12(7-5-11)23(17,21)22/h4-7,20H,2-3,8-10H2,1H3,(H2,17,21,22). The zero-order valence-electron chi connectivity index (χ0n) is 12.9. The van der Waals surface area contributed by atoms with E-state index in [2.05, 4.69) is 16.9 Å². The van der Waals surface area contributed by atoms with E-state index in [1.54, 1.807) is 12.1 Å². The van der Waals surface area contributed by atoms with Crippen molar-refractivity contribution in [1.82, 2.24) is 0 Å². The first-order chi connectivity index (χ1) is 10.8. The number of aliphatic hydroxyl groups excluding tert-OH is 1. The first-order valence-electron chi connectivity index (χ1n) is 7.37. The maximum Gasteiger partial charge on any atom is 0.238 e. The number of hydrogen-bond donors (Lipinski definition) is 2. The summed E-state index contributed by atoms with van der Waals surface area (Å²) < 4.78 is 22.6. The maximum atomic E-state index is 11.3. The molecule has 126 valence electrons. The number of nitrogens with two attached hydrogens (primary N) is 1. The number of aliphatic hydroxyl groups is 1. The van der Waals surface area contributed by atoms with Gasteiger partial charge < -0.3 is 5.11 Å². The van der Waals surface area contributed by atoms with Gasteiger partial charge in [-0.15, -0.1) is 0 Å². The normalized spacial score (nSPS) is 21.2. The molecule has 1 aliphatic heterocycles. The van der Waals surface area contributed by atoms with E-state index in [4.69, 9.17) is 16.7 Å². The molecule has 1 unspecified atom stereocenters. The highest BCUT2D eigenvalue weighted by Gasteiger charge is 2.35. The predicted octanol–water partition coefficient (Wildman–Crippen LogP) is 1.85. The van der Waals surface area contributed by atoms with Crippen molar-refractivity contribution in [3.8, 4) is 0 Å². The molecule has 0 amide bonds. The number of sulfonamides is 1. The highest BCUT2D eigenvalue weighted by atomic mass is 35.5. The van der Waals surface area contributed by atoms with E-state index < -0.39 is 15.7 Å². The third-order valence-corrected chi connectivity index (χ3v) is 4.94. The van der Waals surface area contributed by atoms with Gasteiger partial charge in [-0.3, -0.25) is 4.99 Å². The number of nitrogens with zero attached hydrogens (tertiary/aromatic N) is 2. The van der Waals surface area contributed by atoms with Gasteiger partial charge in [-0.25, -0.2) is 18.5 Å². The second-order valence-corrected chi connectivity index (χ2v) is 7.49. The van der Waals surface area contributed by atoms with E-state index in [1.807, 2.05) is 0 Å². The fraction of sp³-hybridized carbons (Fsp3) is 0.467. The van der Waals surface area contributed by atoms with Gasteiger partial charge >= 0.3 is 0 Å². The van der Waals surface area contributed by atoms with Crippen molar-refractivity contribution in [2.75, 3.05) is 6.61 Å². The Balaban J connectivity index is 2.28. The summed E-state index contributed by atoms with van der Waals surface area (Å²) in [6.07, 6.45) is 3.10. The average Bonchev–Trinajstić information content (AvgIpc) is 2.81. The number of hydrogen-bond acceptors (Lipinski definition) is 5. The van der Waals surface area contributed by atoms with Gasteiger partial charge in [0.1, 0.15) is 10.9 Å². The van der Waals surface area contributed by atoms with Crippen LogP contribution in [0.1, 0.15) is 31.7 Å². The molecule has 3 N–H and O–H groups in total. The lowest BCUT2D eigenvalue weighted by Crippen LogP contribution is -2.25. The van der Waals surface area contributed by atoms with Gasteiger partial charge in [0.15, 0.2) is 5.66 Å². The number of unbranched alkanes of at least 4 members (excludes halogenated alkanes) is 1. The first-order valence-corrected chi connectivity index (χ1v) is 9.29. The molecule has 1 aromatic rings. The van der Waals surface area contributed by atoms with E-state index in [-0.39, 0.29) is 16.7 Å². The van der Waals surface area contributed by atoms with Crippen LogP contribution >= 0.6 is 11.6 Å². The summed E-state index contributed by atoms with van der Waals surface area (Å²) in [7, 11) is -3.71. The molecule has 0 aliphatic carbocycles. The molecule has 0 radical (unpaired) electrons. The van der Waals surface area contributed by atoms with Crippen molar-refractivity contribution in [2.45, 2.75) is 43.2 Å². The predicted molar refractivity (Wildman–Crippen MR) is 91.6 cm³/mol. The van der Waals surface area contributed by atoms with Gasteiger partial charge in [0.05, 0.1) is 11.5 Å². The van der Waals surface area contributed by atoms with Crippen molar-refractivity contribution in [3.05, 3.63) is 29.8 Å². The summed E-state index contributed by atoms with van der Waals surface area (Å²) >= 11 is 6.06. The second kappa shape index (κ2) is 7.09. The molecular formula is C15H20ClN3O3S. The lowest BCUT2D eigenvalue weighted by molar-refractivity contribution is 0.355. The third kappa shape index (κ3) is 4.38. The Morgan fingerprint density at radius 3 is 2.39 bits per heavy atom. The fourth-order valence-electron chi connectivity index (χ4n) is 2.53. The first kappa shape index (κ1) is 18.1. The smallest absolute Gasteiger partial charge is 0.238 e. The van der Waals surface area contributed by atoms with E-state index in [1.165, 1.54) is 12.1 Å². The Labute approximate surface area is 141 Å². The van der Waals surface area contributed by atoms with Crippen molar-refractivity contribution >= 4 is 32.5 Å². The van der Waals surface area contributed by atoms with Gasteiger partial charge in [-0.1, -0.05) is 37.1 Å². The third-order valence-electron chi connectivity index (χ3n) is 3.71. The molecule has 0 bridgehead atoms. The molecule has 2 rings (SSSR count). The molecule has 0 aromatic heterocycles. The minimum Gasteiger partial charge on any atom is -0.390 e. The Morgan fingerprint density at radius 1 is 1.26 bits per heavy atom. The zero-order chi connectivity index (χ0) is 17.1. The molecular weight excluding hydrogens is 338 g/mol. The molecule has 0 saturated carbocycles. The summed E-state index contributed by atoms with van der Waals surface area (Å²) in [5.74, 6) is 0. The van der Waals surface area contributed by atoms with Crippen LogP contribution in [0.25, 0.3) is 0 Å². The molecule has 1 aliphatic rings. The lowest BCUT2D eigenvalue weighted by Gasteiger charge is -2.23. The Bertz CT molecular complexity index is 729. The molecule has 0 spiro atoms.